The molecule has 0 nitrogen and oxygen atoms in total. The Labute approximate surface area is 54.5 Å². The van der Waals surface area contributed by atoms with Crippen molar-refractivity contribution >= 4 is 0 Å². The van der Waals surface area contributed by atoms with Crippen molar-refractivity contribution in [3.63, 3.8) is 0 Å². The summed E-state index contributed by atoms with van der Waals surface area (Å²) in [6.07, 6.45) is 1.16. The first-order valence-corrected chi connectivity index (χ1v) is 2.41. The van der Waals surface area contributed by atoms with Crippen molar-refractivity contribution in [1.82, 2.24) is 0 Å². The van der Waals surface area contributed by atoms with Gasteiger partial charge in [-0.3, -0.25) is 0 Å². The summed E-state index contributed by atoms with van der Waals surface area (Å²) < 4.78 is 0. The maximum absolute atomic E-state index is 3.89. The first kappa shape index (κ1) is 10.4. The second-order valence-electron chi connectivity index (χ2n) is 2.52. The van der Waals surface area contributed by atoms with E-state index in [0.29, 0.717) is 5.41 Å². The van der Waals surface area contributed by atoms with Gasteiger partial charge in [-0.2, -0.15) is 5.41 Å². The van der Waals surface area contributed by atoms with E-state index in [0.717, 1.165) is 6.42 Å². The Morgan fingerprint density at radius 1 is 1.43 bits per heavy atom. The molecule has 0 aliphatic rings. The van der Waals surface area contributed by atoms with Crippen LogP contribution in [0.5, 0.6) is 0 Å². The molecule has 0 bridgehead atoms. The van der Waals surface area contributed by atoms with Crippen molar-refractivity contribution in [3.8, 4) is 0 Å². The smallest absolute Gasteiger partial charge is 0 e. The number of rotatable bonds is 1. The van der Waals surface area contributed by atoms with Gasteiger partial charge in [0.15, 0.2) is 0 Å². The first-order chi connectivity index (χ1) is 2.56. The molecule has 7 heavy (non-hydrogen) atoms. The van der Waals surface area contributed by atoms with Crippen molar-refractivity contribution in [1.29, 1.82) is 0 Å². The third kappa shape index (κ3) is 10.7. The van der Waals surface area contributed by atoms with Crippen molar-refractivity contribution in [2.24, 2.45) is 5.41 Å². The topological polar surface area (TPSA) is 0 Å². The number of hydrogen-bond acceptors (Lipinski definition) is 0. The molecule has 0 aromatic heterocycles. The van der Waals surface area contributed by atoms with E-state index in [1.165, 1.54) is 0 Å². The molecule has 0 unspecified atom stereocenters. The average Bonchev–Trinajstić information content (AvgIpc) is 1.35. The van der Waals surface area contributed by atoms with E-state index in [1.807, 2.05) is 0 Å². The molecule has 1 heteroatoms. The normalized spacial score (nSPS) is 10.3. The van der Waals surface area contributed by atoms with E-state index in [9.17, 15) is 0 Å². The van der Waals surface area contributed by atoms with Crippen LogP contribution in [-0.2, 0) is 0 Å². The van der Waals surface area contributed by atoms with Crippen LogP contribution >= 0.6 is 0 Å². The second kappa shape index (κ2) is 3.40. The first-order valence-electron chi connectivity index (χ1n) is 2.41. The summed E-state index contributed by atoms with van der Waals surface area (Å²) in [5.41, 5.74) is 0.292. The van der Waals surface area contributed by atoms with Gasteiger partial charge in [0.1, 0.15) is 0 Å². The van der Waals surface area contributed by atoms with Gasteiger partial charge < -0.3 is 6.92 Å². The summed E-state index contributed by atoms with van der Waals surface area (Å²) in [5.74, 6) is 0. The molecule has 0 heterocycles. The van der Waals surface area contributed by atoms with Crippen molar-refractivity contribution in [2.45, 2.75) is 27.2 Å². The fourth-order valence-corrected chi connectivity index (χ4v) is 0. The summed E-state index contributed by atoms with van der Waals surface area (Å²) >= 11 is 0. The van der Waals surface area contributed by atoms with E-state index in [2.05, 4.69) is 27.7 Å². The van der Waals surface area contributed by atoms with E-state index in [4.69, 9.17) is 0 Å². The van der Waals surface area contributed by atoms with Crippen molar-refractivity contribution in [2.75, 3.05) is 0 Å². The summed E-state index contributed by atoms with van der Waals surface area (Å²) in [6.45, 7) is 10.3. The van der Waals surface area contributed by atoms with Gasteiger partial charge in [0.2, 0.25) is 0 Å². The minimum atomic E-state index is 0. The Balaban J connectivity index is 0. The van der Waals surface area contributed by atoms with Crippen LogP contribution in [-0.4, -0.2) is 0 Å². The Kier molecular flexibility index (Phi) is 5.04. The monoisotopic (exact) mass is 326 g/mol. The molecular formula is C6H13Am-. The SMILES string of the molecule is [Am].[CH2-]C(C)(C)CC. The molecule has 0 spiro atoms. The quantitative estimate of drug-likeness (QED) is 0.648. The van der Waals surface area contributed by atoms with Gasteiger partial charge >= 0.3 is 0 Å². The Morgan fingerprint density at radius 3 is 1.57 bits per heavy atom. The Hall–Kier alpha value is 0.390. The fraction of sp³-hybridized carbons (Fsp3) is 0.833. The molecule has 0 aromatic rings. The van der Waals surface area contributed by atoms with Gasteiger partial charge in [0, 0.05) is 14.3 Å². The maximum Gasteiger partial charge on any atom is 0 e. The van der Waals surface area contributed by atoms with Gasteiger partial charge in [-0.05, 0) is 0 Å². The maximum atomic E-state index is 3.89. The minimum absolute atomic E-state index is 0. The van der Waals surface area contributed by atoms with Gasteiger partial charge in [0.05, 0.1) is 0 Å². The van der Waals surface area contributed by atoms with Crippen LogP contribution in [0.4, 0.5) is 0 Å². The standard InChI is InChI=1S/C6H13.Am/c1-5-6(2,3)4;/h2,5H2,1,3-4H3;/q-1;. The van der Waals surface area contributed by atoms with Gasteiger partial charge in [-0.15, -0.1) is 0 Å². The van der Waals surface area contributed by atoms with E-state index < -0.39 is 0 Å². The largest absolute Gasteiger partial charge is 0.338 e. The molecule has 0 amide bonds. The van der Waals surface area contributed by atoms with Crippen LogP contribution in [0.15, 0.2) is 0 Å². The number of hydrogen-bond donors (Lipinski definition) is 0. The van der Waals surface area contributed by atoms with Gasteiger partial charge in [-0.25, -0.2) is 0 Å². The molecular weight excluding hydrogens is 315 g/mol. The third-order valence-electron chi connectivity index (χ3n) is 0.957. The molecule has 0 aromatic carbocycles. The molecule has 0 rings (SSSR count). The Bertz CT molecular complexity index is 33.9. The predicted octanol–water partition coefficient (Wildman–Crippen LogP) is 2.26. The summed E-state index contributed by atoms with van der Waals surface area (Å²) in [4.78, 5) is 0. The third-order valence-corrected chi connectivity index (χ3v) is 0.957. The fourth-order valence-electron chi connectivity index (χ4n) is 0. The molecule has 0 saturated carbocycles. The zero-order valence-corrected chi connectivity index (χ0v) is 8.44. The molecule has 0 fully saturated rings. The van der Waals surface area contributed by atoms with Crippen molar-refractivity contribution < 1.29 is 14.3 Å². The van der Waals surface area contributed by atoms with Crippen LogP contribution in [0.2, 0.25) is 0 Å². The molecule has 0 aliphatic carbocycles. The molecule has 1 radical (unpaired) electrons. The van der Waals surface area contributed by atoms with Crippen LogP contribution in [0.1, 0.15) is 27.2 Å². The van der Waals surface area contributed by atoms with Crippen LogP contribution < -0.4 is 0 Å². The molecule has 0 atom stereocenters. The zero-order valence-electron chi connectivity index (χ0n) is 5.29. The molecule has 0 aliphatic heterocycles. The van der Waals surface area contributed by atoms with Gasteiger partial charge in [-0.1, -0.05) is 27.2 Å². The molecule has 45 valence electrons. The summed E-state index contributed by atoms with van der Waals surface area (Å²) in [6, 6.07) is 0. The van der Waals surface area contributed by atoms with E-state index in [1.54, 1.807) is 0 Å². The zero-order chi connectivity index (χ0) is 5.21. The van der Waals surface area contributed by atoms with Crippen LogP contribution in [0, 0.1) is 26.6 Å². The van der Waals surface area contributed by atoms with Gasteiger partial charge in [0.25, 0.3) is 0 Å². The molecule has 0 saturated heterocycles. The van der Waals surface area contributed by atoms with E-state index in [-0.39, 0.29) is 14.3 Å². The summed E-state index contributed by atoms with van der Waals surface area (Å²) in [7, 11) is 0. The predicted molar refractivity (Wildman–Crippen MR) is 29.4 cm³/mol. The summed E-state index contributed by atoms with van der Waals surface area (Å²) in [5, 5.41) is 0. The van der Waals surface area contributed by atoms with Crippen LogP contribution in [0.3, 0.4) is 0 Å². The second-order valence-corrected chi connectivity index (χ2v) is 2.52. The van der Waals surface area contributed by atoms with Crippen molar-refractivity contribution in [3.05, 3.63) is 6.92 Å². The average molecular weight is 328 g/mol. The Morgan fingerprint density at radius 2 is 1.57 bits per heavy atom. The van der Waals surface area contributed by atoms with E-state index >= 15 is 0 Å². The minimum Gasteiger partial charge on any atom is -0.338 e. The van der Waals surface area contributed by atoms with Crippen LogP contribution in [0.25, 0.3) is 0 Å². The molecule has 0 N–H and O–H groups in total.